The lowest BCUT2D eigenvalue weighted by atomic mass is 10.1. The predicted octanol–water partition coefficient (Wildman–Crippen LogP) is 5.51. The number of ether oxygens (including phenoxy) is 1. The van der Waals surface area contributed by atoms with E-state index in [1.807, 2.05) is 30.3 Å². The summed E-state index contributed by atoms with van der Waals surface area (Å²) in [6, 6.07) is 12.5. The molecular weight excluding hydrogens is 351 g/mol. The molecule has 0 radical (unpaired) electrons. The van der Waals surface area contributed by atoms with Crippen molar-refractivity contribution in [2.45, 2.75) is 22.9 Å². The Morgan fingerprint density at radius 1 is 1.16 bits per heavy atom. The molecule has 0 aliphatic carbocycles. The van der Waals surface area contributed by atoms with E-state index in [0.717, 1.165) is 17.0 Å². The van der Waals surface area contributed by atoms with Gasteiger partial charge in [0.05, 0.1) is 17.1 Å². The topological polar surface area (TPSA) is 42.1 Å². The van der Waals surface area contributed by atoms with E-state index in [-0.39, 0.29) is 12.3 Å². The van der Waals surface area contributed by atoms with Crippen LogP contribution in [-0.4, -0.2) is 17.6 Å². The number of alkyl halides is 3. The van der Waals surface area contributed by atoms with Crippen molar-refractivity contribution in [3.63, 3.8) is 0 Å². The van der Waals surface area contributed by atoms with Crippen molar-refractivity contribution in [3.8, 4) is 0 Å². The molecule has 0 aliphatic heterocycles. The van der Waals surface area contributed by atoms with Crippen LogP contribution in [0.4, 0.5) is 13.2 Å². The van der Waals surface area contributed by atoms with Crippen LogP contribution in [0.3, 0.4) is 0 Å². The molecule has 0 fully saturated rings. The average Bonchev–Trinajstić information content (AvgIpc) is 2.93. The molecule has 0 bridgehead atoms. The average molecular weight is 365 g/mol. The minimum Gasteiger partial charge on any atom is -0.461 e. The third kappa shape index (κ3) is 3.66. The standard InChI is InChI=1S/C18H14F3NO2S/c1-2-24-17(23)15-16(25-12-6-4-3-5-7-12)13-10-11(18(19,20)21)8-9-14(13)22-15/h3-10,22H,2H2,1H3. The van der Waals surface area contributed by atoms with Gasteiger partial charge in [-0.25, -0.2) is 4.79 Å². The number of carbonyl (C=O) groups excluding carboxylic acids is 1. The zero-order valence-corrected chi connectivity index (χ0v) is 14.0. The molecule has 0 saturated carbocycles. The van der Waals surface area contributed by atoms with E-state index in [9.17, 15) is 18.0 Å². The van der Waals surface area contributed by atoms with Crippen LogP contribution in [0.1, 0.15) is 23.0 Å². The van der Waals surface area contributed by atoms with Gasteiger partial charge in [0.15, 0.2) is 0 Å². The van der Waals surface area contributed by atoms with Gasteiger partial charge >= 0.3 is 12.1 Å². The van der Waals surface area contributed by atoms with E-state index in [1.54, 1.807) is 6.92 Å². The highest BCUT2D eigenvalue weighted by molar-refractivity contribution is 7.99. The second kappa shape index (κ2) is 6.84. The van der Waals surface area contributed by atoms with Gasteiger partial charge in [-0.3, -0.25) is 0 Å². The Hall–Kier alpha value is -2.41. The minimum atomic E-state index is -4.45. The van der Waals surface area contributed by atoms with Gasteiger partial charge in [0, 0.05) is 15.8 Å². The Balaban J connectivity index is 2.16. The number of fused-ring (bicyclic) bond motifs is 1. The van der Waals surface area contributed by atoms with Gasteiger partial charge in [0.2, 0.25) is 0 Å². The molecule has 3 nitrogen and oxygen atoms in total. The third-order valence-electron chi connectivity index (χ3n) is 3.52. The van der Waals surface area contributed by atoms with Crippen molar-refractivity contribution in [1.82, 2.24) is 4.98 Å². The van der Waals surface area contributed by atoms with Gasteiger partial charge in [0.25, 0.3) is 0 Å². The number of carbonyl (C=O) groups is 1. The molecule has 0 spiro atoms. The van der Waals surface area contributed by atoms with Crippen molar-refractivity contribution < 1.29 is 22.7 Å². The summed E-state index contributed by atoms with van der Waals surface area (Å²) < 4.78 is 44.2. The zero-order chi connectivity index (χ0) is 18.0. The van der Waals surface area contributed by atoms with Gasteiger partial charge < -0.3 is 9.72 Å². The van der Waals surface area contributed by atoms with Crippen LogP contribution in [0.25, 0.3) is 10.9 Å². The van der Waals surface area contributed by atoms with E-state index in [2.05, 4.69) is 4.98 Å². The Labute approximate surface area is 146 Å². The van der Waals surface area contributed by atoms with Gasteiger partial charge in [-0.05, 0) is 37.3 Å². The van der Waals surface area contributed by atoms with E-state index < -0.39 is 17.7 Å². The van der Waals surface area contributed by atoms with Crippen molar-refractivity contribution in [2.24, 2.45) is 0 Å². The maximum atomic E-state index is 13.1. The molecular formula is C18H14F3NO2S. The molecule has 1 N–H and O–H groups in total. The summed E-state index contributed by atoms with van der Waals surface area (Å²) in [6.45, 7) is 1.85. The first kappa shape index (κ1) is 17.4. The monoisotopic (exact) mass is 365 g/mol. The number of hydrogen-bond donors (Lipinski definition) is 1. The number of aromatic amines is 1. The Kier molecular flexibility index (Phi) is 4.76. The first-order valence-electron chi connectivity index (χ1n) is 7.53. The van der Waals surface area contributed by atoms with Crippen LogP contribution in [-0.2, 0) is 10.9 Å². The van der Waals surface area contributed by atoms with Crippen LogP contribution in [0.15, 0.2) is 58.3 Å². The van der Waals surface area contributed by atoms with Crippen LogP contribution in [0.5, 0.6) is 0 Å². The quantitative estimate of drug-likeness (QED) is 0.620. The summed E-state index contributed by atoms with van der Waals surface area (Å²) in [4.78, 5) is 16.3. The van der Waals surface area contributed by atoms with E-state index in [0.29, 0.717) is 15.8 Å². The Morgan fingerprint density at radius 3 is 2.52 bits per heavy atom. The molecule has 2 aromatic carbocycles. The first-order valence-corrected chi connectivity index (χ1v) is 8.34. The zero-order valence-electron chi connectivity index (χ0n) is 13.2. The Morgan fingerprint density at radius 2 is 1.88 bits per heavy atom. The molecule has 0 unspecified atom stereocenters. The van der Waals surface area contributed by atoms with E-state index >= 15 is 0 Å². The lowest BCUT2D eigenvalue weighted by molar-refractivity contribution is -0.137. The number of hydrogen-bond acceptors (Lipinski definition) is 3. The van der Waals surface area contributed by atoms with Crippen LogP contribution >= 0.6 is 11.8 Å². The molecule has 1 aromatic heterocycles. The smallest absolute Gasteiger partial charge is 0.416 e. The van der Waals surface area contributed by atoms with Crippen molar-refractivity contribution in [3.05, 3.63) is 59.8 Å². The molecule has 7 heteroatoms. The number of H-pyrrole nitrogens is 1. The SMILES string of the molecule is CCOC(=O)c1[nH]c2ccc(C(F)(F)F)cc2c1Sc1ccccc1. The highest BCUT2D eigenvalue weighted by Gasteiger charge is 2.31. The van der Waals surface area contributed by atoms with E-state index in [1.165, 1.54) is 17.8 Å². The van der Waals surface area contributed by atoms with Gasteiger partial charge in [-0.15, -0.1) is 0 Å². The molecule has 1 heterocycles. The summed E-state index contributed by atoms with van der Waals surface area (Å²) in [7, 11) is 0. The van der Waals surface area contributed by atoms with Gasteiger partial charge in [0.1, 0.15) is 5.69 Å². The summed E-state index contributed by atoms with van der Waals surface area (Å²) in [5.41, 5.74) is -0.149. The largest absolute Gasteiger partial charge is 0.461 e. The summed E-state index contributed by atoms with van der Waals surface area (Å²) >= 11 is 1.22. The number of aromatic nitrogens is 1. The molecule has 25 heavy (non-hydrogen) atoms. The maximum absolute atomic E-state index is 13.1. The van der Waals surface area contributed by atoms with Gasteiger partial charge in [-0.1, -0.05) is 30.0 Å². The highest BCUT2D eigenvalue weighted by atomic mass is 32.2. The third-order valence-corrected chi connectivity index (χ3v) is 4.66. The molecule has 0 amide bonds. The molecule has 0 saturated heterocycles. The lowest BCUT2D eigenvalue weighted by Gasteiger charge is -2.07. The van der Waals surface area contributed by atoms with Crippen molar-refractivity contribution in [1.29, 1.82) is 0 Å². The predicted molar refractivity (Wildman–Crippen MR) is 89.8 cm³/mol. The fraction of sp³-hybridized carbons (Fsp3) is 0.167. The van der Waals surface area contributed by atoms with Crippen LogP contribution < -0.4 is 0 Å². The van der Waals surface area contributed by atoms with E-state index in [4.69, 9.17) is 4.74 Å². The summed E-state index contributed by atoms with van der Waals surface area (Å²) in [6.07, 6.45) is -4.45. The number of nitrogens with one attached hydrogen (secondary N) is 1. The molecule has 3 rings (SSSR count). The van der Waals surface area contributed by atoms with Crippen LogP contribution in [0.2, 0.25) is 0 Å². The molecule has 0 aliphatic rings. The Bertz CT molecular complexity index is 904. The van der Waals surface area contributed by atoms with Crippen LogP contribution in [0, 0.1) is 0 Å². The number of rotatable bonds is 4. The minimum absolute atomic E-state index is 0.157. The number of halogens is 3. The first-order chi connectivity index (χ1) is 11.9. The molecule has 130 valence electrons. The number of benzene rings is 2. The lowest BCUT2D eigenvalue weighted by Crippen LogP contribution is -2.06. The molecule has 3 aromatic rings. The van der Waals surface area contributed by atoms with Crippen molar-refractivity contribution in [2.75, 3.05) is 6.61 Å². The second-order valence-corrected chi connectivity index (χ2v) is 6.31. The normalized spacial score (nSPS) is 11.7. The maximum Gasteiger partial charge on any atom is 0.416 e. The van der Waals surface area contributed by atoms with Gasteiger partial charge in [-0.2, -0.15) is 13.2 Å². The summed E-state index contributed by atoms with van der Waals surface area (Å²) in [5, 5.41) is 0.340. The molecule has 0 atom stereocenters. The fourth-order valence-electron chi connectivity index (χ4n) is 2.40. The van der Waals surface area contributed by atoms with Crippen molar-refractivity contribution >= 4 is 28.6 Å². The highest BCUT2D eigenvalue weighted by Crippen LogP contribution is 2.39. The fourth-order valence-corrected chi connectivity index (χ4v) is 3.45. The number of esters is 1. The second-order valence-electron chi connectivity index (χ2n) is 5.22. The summed E-state index contributed by atoms with van der Waals surface area (Å²) in [5.74, 6) is -0.592.